The van der Waals surface area contributed by atoms with Gasteiger partial charge in [0.1, 0.15) is 12.3 Å². The van der Waals surface area contributed by atoms with Gasteiger partial charge in [0, 0.05) is 18.7 Å². The largest absolute Gasteiger partial charge is 0.482 e. The van der Waals surface area contributed by atoms with Crippen LogP contribution in [0.25, 0.3) is 0 Å². The molecule has 0 radical (unpaired) electrons. The number of ether oxygens (including phenoxy) is 1. The number of anilines is 2. The van der Waals surface area contributed by atoms with Crippen LogP contribution in [0.15, 0.2) is 18.2 Å². The van der Waals surface area contributed by atoms with Gasteiger partial charge in [-0.15, -0.1) is 0 Å². The first-order chi connectivity index (χ1) is 13.6. The van der Waals surface area contributed by atoms with Crippen molar-refractivity contribution < 1.29 is 19.1 Å². The Morgan fingerprint density at radius 3 is 2.71 bits per heavy atom. The van der Waals surface area contributed by atoms with Gasteiger partial charge in [0.05, 0.1) is 5.69 Å². The molecule has 0 unspecified atom stereocenters. The van der Waals surface area contributed by atoms with E-state index in [1.165, 1.54) is 24.2 Å². The Bertz CT molecular complexity index is 728. The highest BCUT2D eigenvalue weighted by molar-refractivity contribution is 6.03. The number of benzene rings is 1. The molecule has 7 nitrogen and oxygen atoms in total. The van der Waals surface area contributed by atoms with E-state index in [2.05, 4.69) is 10.6 Å². The summed E-state index contributed by atoms with van der Waals surface area (Å²) in [7, 11) is 0. The number of rotatable bonds is 7. The molecule has 28 heavy (non-hydrogen) atoms. The van der Waals surface area contributed by atoms with E-state index >= 15 is 0 Å². The second-order valence-corrected chi connectivity index (χ2v) is 7.56. The zero-order valence-corrected chi connectivity index (χ0v) is 16.5. The highest BCUT2D eigenvalue weighted by Gasteiger charge is 2.28. The van der Waals surface area contributed by atoms with E-state index in [1.54, 1.807) is 18.2 Å². The van der Waals surface area contributed by atoms with Crippen LogP contribution in [0, 0.1) is 5.92 Å². The van der Waals surface area contributed by atoms with E-state index in [0.29, 0.717) is 36.0 Å². The number of hydrogen-bond acceptors (Lipinski definition) is 4. The van der Waals surface area contributed by atoms with Gasteiger partial charge in [-0.25, -0.2) is 0 Å². The lowest BCUT2D eigenvalue weighted by Crippen LogP contribution is -2.45. The maximum atomic E-state index is 12.4. The van der Waals surface area contributed by atoms with E-state index in [1.807, 2.05) is 6.92 Å². The minimum Gasteiger partial charge on any atom is -0.482 e. The molecule has 7 heteroatoms. The van der Waals surface area contributed by atoms with Gasteiger partial charge in [-0.2, -0.15) is 0 Å². The second kappa shape index (κ2) is 9.57. The smallest absolute Gasteiger partial charge is 0.265 e. The van der Waals surface area contributed by atoms with Crippen molar-refractivity contribution in [2.24, 2.45) is 5.92 Å². The molecule has 1 aliphatic heterocycles. The summed E-state index contributed by atoms with van der Waals surface area (Å²) in [6, 6.07) is 5.20. The molecule has 1 saturated carbocycles. The third kappa shape index (κ3) is 5.24. The van der Waals surface area contributed by atoms with E-state index in [0.717, 1.165) is 19.3 Å². The normalized spacial score (nSPS) is 16.9. The van der Waals surface area contributed by atoms with Crippen molar-refractivity contribution in [2.45, 2.75) is 51.9 Å². The van der Waals surface area contributed by atoms with Crippen LogP contribution in [-0.4, -0.2) is 37.4 Å². The second-order valence-electron chi connectivity index (χ2n) is 7.56. The molecule has 0 atom stereocenters. The van der Waals surface area contributed by atoms with Crippen molar-refractivity contribution in [1.82, 2.24) is 5.32 Å². The number of carbonyl (C=O) groups excluding carboxylic acids is 3. The number of fused-ring (bicyclic) bond motifs is 1. The molecule has 3 amide bonds. The van der Waals surface area contributed by atoms with Crippen LogP contribution >= 0.6 is 0 Å². The minimum absolute atomic E-state index is 0.0119. The molecule has 1 fully saturated rings. The number of hydrogen-bond donors (Lipinski definition) is 2. The summed E-state index contributed by atoms with van der Waals surface area (Å²) in [6.45, 7) is 2.38. The molecule has 3 rings (SSSR count). The van der Waals surface area contributed by atoms with Crippen LogP contribution in [0.2, 0.25) is 0 Å². The summed E-state index contributed by atoms with van der Waals surface area (Å²) >= 11 is 0. The Balaban J connectivity index is 1.67. The fourth-order valence-corrected chi connectivity index (χ4v) is 3.78. The molecule has 152 valence electrons. The van der Waals surface area contributed by atoms with Crippen LogP contribution in [0.4, 0.5) is 11.4 Å². The summed E-state index contributed by atoms with van der Waals surface area (Å²) < 4.78 is 5.47. The standard InChI is InChI=1S/C21H29N3O4/c1-2-10-22-20(26)13-24-17-12-16(8-9-18(17)28-14-21(24)27)23-19(25)11-15-6-4-3-5-7-15/h8-9,12,15H,2-7,10-11,13-14H2,1H3,(H,22,26)(H,23,25). The zero-order chi connectivity index (χ0) is 19.9. The molecule has 2 aliphatic rings. The highest BCUT2D eigenvalue weighted by Crippen LogP contribution is 2.35. The first kappa shape index (κ1) is 20.2. The predicted octanol–water partition coefficient (Wildman–Crippen LogP) is 2.85. The van der Waals surface area contributed by atoms with Gasteiger partial charge < -0.3 is 15.4 Å². The van der Waals surface area contributed by atoms with Gasteiger partial charge in [-0.1, -0.05) is 26.2 Å². The van der Waals surface area contributed by atoms with E-state index < -0.39 is 0 Å². The molecule has 2 N–H and O–H groups in total. The van der Waals surface area contributed by atoms with Gasteiger partial charge in [0.2, 0.25) is 11.8 Å². The highest BCUT2D eigenvalue weighted by atomic mass is 16.5. The number of nitrogens with one attached hydrogen (secondary N) is 2. The molecule has 1 heterocycles. The summed E-state index contributed by atoms with van der Waals surface area (Å²) in [5, 5.41) is 5.71. The Morgan fingerprint density at radius 2 is 1.96 bits per heavy atom. The van der Waals surface area contributed by atoms with Crippen molar-refractivity contribution in [2.75, 3.05) is 29.9 Å². The van der Waals surface area contributed by atoms with E-state index in [9.17, 15) is 14.4 Å². The van der Waals surface area contributed by atoms with Crippen molar-refractivity contribution in [1.29, 1.82) is 0 Å². The van der Waals surface area contributed by atoms with Crippen LogP contribution < -0.4 is 20.3 Å². The van der Waals surface area contributed by atoms with Gasteiger partial charge in [-0.05, 0) is 43.4 Å². The van der Waals surface area contributed by atoms with Crippen LogP contribution in [0.1, 0.15) is 51.9 Å². The average Bonchev–Trinajstić information content (AvgIpc) is 2.69. The molecule has 0 saturated heterocycles. The Labute approximate surface area is 165 Å². The summed E-state index contributed by atoms with van der Waals surface area (Å²) in [6.07, 6.45) is 7.24. The van der Waals surface area contributed by atoms with E-state index in [-0.39, 0.29) is 30.9 Å². The van der Waals surface area contributed by atoms with Crippen molar-refractivity contribution in [3.8, 4) is 5.75 Å². The molecule has 1 aromatic carbocycles. The van der Waals surface area contributed by atoms with Crippen molar-refractivity contribution in [3.63, 3.8) is 0 Å². The average molecular weight is 387 g/mol. The monoisotopic (exact) mass is 387 g/mol. The molecular formula is C21H29N3O4. The fourth-order valence-electron chi connectivity index (χ4n) is 3.78. The SMILES string of the molecule is CCCNC(=O)CN1C(=O)COc2ccc(NC(=O)CC3CCCCC3)cc21. The molecular weight excluding hydrogens is 358 g/mol. The summed E-state index contributed by atoms with van der Waals surface area (Å²) in [5.41, 5.74) is 1.12. The van der Waals surface area contributed by atoms with Crippen LogP contribution in [0.5, 0.6) is 5.75 Å². The Hall–Kier alpha value is -2.57. The lowest BCUT2D eigenvalue weighted by atomic mass is 9.87. The molecule has 0 spiro atoms. The predicted molar refractivity (Wildman–Crippen MR) is 107 cm³/mol. The Kier molecular flexibility index (Phi) is 6.90. The third-order valence-electron chi connectivity index (χ3n) is 5.26. The molecule has 0 bridgehead atoms. The zero-order valence-electron chi connectivity index (χ0n) is 16.5. The first-order valence-electron chi connectivity index (χ1n) is 10.2. The summed E-state index contributed by atoms with van der Waals surface area (Å²) in [4.78, 5) is 38.2. The molecule has 1 aliphatic carbocycles. The van der Waals surface area contributed by atoms with Crippen molar-refractivity contribution >= 4 is 29.1 Å². The lowest BCUT2D eigenvalue weighted by Gasteiger charge is -2.29. The minimum atomic E-state index is -0.273. The number of amides is 3. The number of carbonyl (C=O) groups is 3. The quantitative estimate of drug-likeness (QED) is 0.753. The topological polar surface area (TPSA) is 87.7 Å². The van der Waals surface area contributed by atoms with Gasteiger partial charge >= 0.3 is 0 Å². The maximum absolute atomic E-state index is 12.4. The molecule has 1 aromatic rings. The molecule has 0 aromatic heterocycles. The number of nitrogens with zero attached hydrogens (tertiary/aromatic N) is 1. The maximum Gasteiger partial charge on any atom is 0.265 e. The summed E-state index contributed by atoms with van der Waals surface area (Å²) in [5.74, 6) is 0.491. The van der Waals surface area contributed by atoms with E-state index in [4.69, 9.17) is 4.74 Å². The van der Waals surface area contributed by atoms with Gasteiger partial charge in [0.15, 0.2) is 6.61 Å². The Morgan fingerprint density at radius 1 is 1.18 bits per heavy atom. The van der Waals surface area contributed by atoms with Crippen molar-refractivity contribution in [3.05, 3.63) is 18.2 Å². The lowest BCUT2D eigenvalue weighted by molar-refractivity contribution is -0.125. The first-order valence-corrected chi connectivity index (χ1v) is 10.2. The van der Waals surface area contributed by atoms with Gasteiger partial charge in [-0.3, -0.25) is 19.3 Å². The fraction of sp³-hybridized carbons (Fsp3) is 0.571. The van der Waals surface area contributed by atoms with Gasteiger partial charge in [0.25, 0.3) is 5.91 Å². The van der Waals surface area contributed by atoms with Crippen LogP contribution in [-0.2, 0) is 14.4 Å². The van der Waals surface area contributed by atoms with Crippen LogP contribution in [0.3, 0.4) is 0 Å². The third-order valence-corrected chi connectivity index (χ3v) is 5.26.